The third-order valence-corrected chi connectivity index (χ3v) is 7.40. The van der Waals surface area contributed by atoms with E-state index in [-0.39, 0.29) is 0 Å². The molecule has 0 aromatic carbocycles. The van der Waals surface area contributed by atoms with Crippen LogP contribution in [0.3, 0.4) is 0 Å². The van der Waals surface area contributed by atoms with E-state index in [0.29, 0.717) is 39.6 Å². The van der Waals surface area contributed by atoms with Gasteiger partial charge in [0.2, 0.25) is 0 Å². The van der Waals surface area contributed by atoms with E-state index in [2.05, 4.69) is 13.8 Å². The highest BCUT2D eigenvalue weighted by atomic mass is 16.6. The van der Waals surface area contributed by atoms with Crippen LogP contribution in [0.1, 0.15) is 168 Å². The molecule has 0 saturated heterocycles. The Morgan fingerprint density at radius 2 is 0.395 bits per heavy atom. The third-order valence-electron chi connectivity index (χ3n) is 7.40. The summed E-state index contributed by atoms with van der Waals surface area (Å²) in [6, 6.07) is 0. The first-order chi connectivity index (χ1) is 18.9. The first-order valence-electron chi connectivity index (χ1n) is 17.2. The van der Waals surface area contributed by atoms with Crippen LogP contribution in [0.4, 0.5) is 0 Å². The molecule has 0 unspecified atom stereocenters. The minimum absolute atomic E-state index is 0.639. The zero-order valence-corrected chi connectivity index (χ0v) is 26.3. The van der Waals surface area contributed by atoms with Crippen LogP contribution in [0.15, 0.2) is 0 Å². The maximum Gasteiger partial charge on any atom is 0.0701 e. The Bertz CT molecular complexity index is 355. The third kappa shape index (κ3) is 35.8. The van der Waals surface area contributed by atoms with Crippen LogP contribution in [0.5, 0.6) is 0 Å². The minimum Gasteiger partial charge on any atom is -0.379 e. The van der Waals surface area contributed by atoms with Gasteiger partial charge in [-0.2, -0.15) is 0 Å². The Labute approximate surface area is 239 Å². The molecule has 0 radical (unpaired) electrons. The second kappa shape index (κ2) is 36.8. The summed E-state index contributed by atoms with van der Waals surface area (Å²) in [5.74, 6) is 0. The van der Waals surface area contributed by atoms with Crippen molar-refractivity contribution in [1.82, 2.24) is 0 Å². The lowest BCUT2D eigenvalue weighted by Gasteiger charge is -2.08. The zero-order chi connectivity index (χ0) is 27.5. The number of unbranched alkanes of at least 4 members (excludes halogenated alkanes) is 22. The number of hydrogen-bond acceptors (Lipinski definition) is 4. The summed E-state index contributed by atoms with van der Waals surface area (Å²) in [6.07, 6.45) is 33.2. The van der Waals surface area contributed by atoms with Crippen LogP contribution in [-0.4, -0.2) is 52.9 Å². The van der Waals surface area contributed by atoms with Crippen LogP contribution in [0.25, 0.3) is 0 Å². The van der Waals surface area contributed by atoms with E-state index in [4.69, 9.17) is 18.9 Å². The molecule has 230 valence electrons. The molecule has 0 amide bonds. The predicted octanol–water partition coefficient (Wildman–Crippen LogP) is 10.5. The molecule has 0 bridgehead atoms. The number of rotatable bonds is 35. The summed E-state index contributed by atoms with van der Waals surface area (Å²) in [5, 5.41) is 0. The van der Waals surface area contributed by atoms with Gasteiger partial charge < -0.3 is 18.9 Å². The highest BCUT2D eigenvalue weighted by molar-refractivity contribution is 4.50. The van der Waals surface area contributed by atoms with Gasteiger partial charge in [-0.05, 0) is 12.8 Å². The molecule has 0 atom stereocenters. The lowest BCUT2D eigenvalue weighted by Crippen LogP contribution is -2.12. The van der Waals surface area contributed by atoms with E-state index in [0.717, 1.165) is 13.2 Å². The molecule has 0 aliphatic rings. The lowest BCUT2D eigenvalue weighted by molar-refractivity contribution is -0.00248. The molecular weight excluding hydrogens is 472 g/mol. The number of ether oxygens (including phenoxy) is 4. The van der Waals surface area contributed by atoms with E-state index in [1.54, 1.807) is 0 Å². The average Bonchev–Trinajstić information content (AvgIpc) is 2.93. The average molecular weight is 543 g/mol. The normalized spacial score (nSPS) is 11.5. The Morgan fingerprint density at radius 3 is 0.632 bits per heavy atom. The minimum atomic E-state index is 0.639. The summed E-state index contributed by atoms with van der Waals surface area (Å²) in [7, 11) is 0. The summed E-state index contributed by atoms with van der Waals surface area (Å²) in [6.45, 7) is 10.3. The van der Waals surface area contributed by atoms with Crippen molar-refractivity contribution in [2.24, 2.45) is 0 Å². The second-order valence-electron chi connectivity index (χ2n) is 11.2. The molecule has 0 rings (SSSR count). The molecule has 0 heterocycles. The predicted molar refractivity (Wildman–Crippen MR) is 165 cm³/mol. The van der Waals surface area contributed by atoms with Crippen molar-refractivity contribution in [3.8, 4) is 0 Å². The van der Waals surface area contributed by atoms with Crippen molar-refractivity contribution in [3.05, 3.63) is 0 Å². The first kappa shape index (κ1) is 37.8. The molecule has 4 nitrogen and oxygen atoms in total. The van der Waals surface area contributed by atoms with E-state index >= 15 is 0 Å². The van der Waals surface area contributed by atoms with Crippen molar-refractivity contribution in [1.29, 1.82) is 0 Å². The Kier molecular flexibility index (Phi) is 36.7. The van der Waals surface area contributed by atoms with Gasteiger partial charge in [0.05, 0.1) is 39.6 Å². The van der Waals surface area contributed by atoms with Gasteiger partial charge in [-0.3, -0.25) is 0 Å². The van der Waals surface area contributed by atoms with Gasteiger partial charge in [0.25, 0.3) is 0 Å². The van der Waals surface area contributed by atoms with Crippen molar-refractivity contribution < 1.29 is 18.9 Å². The molecule has 0 aromatic heterocycles. The fourth-order valence-electron chi connectivity index (χ4n) is 4.85. The molecule has 0 N–H and O–H groups in total. The van der Waals surface area contributed by atoms with Crippen molar-refractivity contribution in [3.63, 3.8) is 0 Å². The van der Waals surface area contributed by atoms with Gasteiger partial charge in [-0.15, -0.1) is 0 Å². The second-order valence-corrected chi connectivity index (χ2v) is 11.2. The molecule has 0 aliphatic carbocycles. The fraction of sp³-hybridized carbons (Fsp3) is 1.00. The van der Waals surface area contributed by atoms with Gasteiger partial charge in [0.15, 0.2) is 0 Å². The van der Waals surface area contributed by atoms with Gasteiger partial charge in [0, 0.05) is 13.2 Å². The highest BCUT2D eigenvalue weighted by Crippen LogP contribution is 2.13. The standard InChI is InChI=1S/C34H70O4/c1-3-5-7-9-11-13-15-16-17-18-20-22-24-26-28-36-30-32-38-34-33-37-31-29-35-27-25-23-21-19-14-12-10-8-6-4-2/h3-34H2,1-2H3. The van der Waals surface area contributed by atoms with Crippen LogP contribution in [0.2, 0.25) is 0 Å². The van der Waals surface area contributed by atoms with Crippen molar-refractivity contribution >= 4 is 0 Å². The topological polar surface area (TPSA) is 36.9 Å². The summed E-state index contributed by atoms with van der Waals surface area (Å²) >= 11 is 0. The van der Waals surface area contributed by atoms with Crippen molar-refractivity contribution in [2.75, 3.05) is 52.9 Å². The van der Waals surface area contributed by atoms with Crippen LogP contribution in [0, 0.1) is 0 Å². The highest BCUT2D eigenvalue weighted by Gasteiger charge is 1.97. The largest absolute Gasteiger partial charge is 0.379 e. The molecule has 0 spiro atoms. The molecular formula is C34H70O4. The van der Waals surface area contributed by atoms with Crippen LogP contribution in [-0.2, 0) is 18.9 Å². The molecule has 4 heteroatoms. The molecule has 0 aliphatic heterocycles. The van der Waals surface area contributed by atoms with E-state index < -0.39 is 0 Å². The Balaban J connectivity index is 3.01. The van der Waals surface area contributed by atoms with Gasteiger partial charge in [-0.25, -0.2) is 0 Å². The van der Waals surface area contributed by atoms with Crippen molar-refractivity contribution in [2.45, 2.75) is 168 Å². The van der Waals surface area contributed by atoms with Gasteiger partial charge in [-0.1, -0.05) is 155 Å². The molecule has 0 fully saturated rings. The van der Waals surface area contributed by atoms with Crippen LogP contribution < -0.4 is 0 Å². The SMILES string of the molecule is CCCCCCCCCCCCCCCCOCCOCCOCCOCCCCCCCCCCCC. The summed E-state index contributed by atoms with van der Waals surface area (Å²) < 4.78 is 22.5. The van der Waals surface area contributed by atoms with E-state index in [1.807, 2.05) is 0 Å². The quantitative estimate of drug-likeness (QED) is 0.0746. The molecule has 0 saturated carbocycles. The van der Waals surface area contributed by atoms with E-state index in [1.165, 1.54) is 154 Å². The fourth-order valence-corrected chi connectivity index (χ4v) is 4.85. The van der Waals surface area contributed by atoms with Crippen LogP contribution >= 0.6 is 0 Å². The smallest absolute Gasteiger partial charge is 0.0701 e. The summed E-state index contributed by atoms with van der Waals surface area (Å²) in [5.41, 5.74) is 0. The maximum absolute atomic E-state index is 5.69. The lowest BCUT2D eigenvalue weighted by atomic mass is 10.0. The Morgan fingerprint density at radius 1 is 0.211 bits per heavy atom. The number of hydrogen-bond donors (Lipinski definition) is 0. The summed E-state index contributed by atoms with van der Waals surface area (Å²) in [4.78, 5) is 0. The first-order valence-corrected chi connectivity index (χ1v) is 17.2. The Hall–Kier alpha value is -0.160. The zero-order valence-electron chi connectivity index (χ0n) is 26.3. The van der Waals surface area contributed by atoms with Gasteiger partial charge in [0.1, 0.15) is 0 Å². The molecule has 38 heavy (non-hydrogen) atoms. The maximum atomic E-state index is 5.69. The molecule has 0 aromatic rings. The van der Waals surface area contributed by atoms with E-state index in [9.17, 15) is 0 Å². The monoisotopic (exact) mass is 543 g/mol. The van der Waals surface area contributed by atoms with Gasteiger partial charge >= 0.3 is 0 Å².